The van der Waals surface area contributed by atoms with Crippen molar-refractivity contribution in [3.63, 3.8) is 0 Å². The number of H-pyrrole nitrogens is 1. The van der Waals surface area contributed by atoms with Gasteiger partial charge >= 0.3 is 4.87 Å². The van der Waals surface area contributed by atoms with Gasteiger partial charge in [0, 0.05) is 16.5 Å². The number of carbonyl (C=O) groups is 3. The Kier molecular flexibility index (Phi) is 7.94. The molecule has 0 radical (unpaired) electrons. The summed E-state index contributed by atoms with van der Waals surface area (Å²) in [6.45, 7) is -0.343. The van der Waals surface area contributed by atoms with Gasteiger partial charge in [0.25, 0.3) is 5.91 Å². The maximum atomic E-state index is 13.8. The van der Waals surface area contributed by atoms with Crippen molar-refractivity contribution in [2.24, 2.45) is 5.92 Å². The minimum Gasteiger partial charge on any atom is -0.493 e. The summed E-state index contributed by atoms with van der Waals surface area (Å²) < 4.78 is 24.9. The van der Waals surface area contributed by atoms with Crippen LogP contribution in [0.3, 0.4) is 0 Å². The van der Waals surface area contributed by atoms with Crippen molar-refractivity contribution in [1.29, 1.82) is 0 Å². The van der Waals surface area contributed by atoms with Gasteiger partial charge < -0.3 is 19.8 Å². The molecule has 14 heteroatoms. The molecule has 3 amide bonds. The number of rotatable bonds is 7. The first-order valence-corrected chi connectivity index (χ1v) is 15.2. The van der Waals surface area contributed by atoms with Crippen LogP contribution in [0.1, 0.15) is 16.4 Å². The van der Waals surface area contributed by atoms with Gasteiger partial charge in [0.2, 0.25) is 11.8 Å². The van der Waals surface area contributed by atoms with Crippen LogP contribution in [0.15, 0.2) is 70.5 Å². The van der Waals surface area contributed by atoms with E-state index in [0.29, 0.717) is 31.2 Å². The summed E-state index contributed by atoms with van der Waals surface area (Å²) in [4.78, 5) is 56.4. The number of thioether (sulfide) groups is 1. The third-order valence-corrected chi connectivity index (χ3v) is 10.2. The number of hydrogen-bond acceptors (Lipinski definition) is 8. The zero-order valence-electron chi connectivity index (χ0n) is 22.1. The number of anilines is 2. The number of nitrogens with one attached hydrogen (secondary N) is 2. The average Bonchev–Trinajstić information content (AvgIpc) is 3.48. The minimum atomic E-state index is -0.838. The van der Waals surface area contributed by atoms with E-state index in [1.54, 1.807) is 30.3 Å². The van der Waals surface area contributed by atoms with Crippen molar-refractivity contribution in [3.05, 3.63) is 96.6 Å². The fourth-order valence-corrected chi connectivity index (χ4v) is 7.95. The lowest BCUT2D eigenvalue weighted by atomic mass is 9.83. The Morgan fingerprint density at radius 3 is 2.49 bits per heavy atom. The molecule has 3 unspecified atom stereocenters. The molecule has 0 spiro atoms. The molecule has 3 heterocycles. The van der Waals surface area contributed by atoms with E-state index in [1.807, 2.05) is 0 Å². The monoisotopic (exact) mass is 659 g/mol. The zero-order valence-corrected chi connectivity index (χ0v) is 25.2. The smallest absolute Gasteiger partial charge is 0.305 e. The molecule has 1 saturated heterocycles. The van der Waals surface area contributed by atoms with Gasteiger partial charge in [-0.1, -0.05) is 52.4 Å². The Bertz CT molecular complexity index is 1830. The summed E-state index contributed by atoms with van der Waals surface area (Å²) in [7, 11) is 1.43. The normalized spacial score (nSPS) is 19.2. The van der Waals surface area contributed by atoms with Crippen LogP contribution in [-0.4, -0.2) is 41.7 Å². The van der Waals surface area contributed by atoms with Gasteiger partial charge in [0.05, 0.1) is 33.8 Å². The van der Waals surface area contributed by atoms with Crippen LogP contribution < -0.4 is 24.6 Å². The Labute approximate surface area is 261 Å². The molecular formula is C29H20Cl2FN3O6S2. The van der Waals surface area contributed by atoms with Crippen LogP contribution in [0.2, 0.25) is 10.0 Å². The number of amides is 3. The largest absolute Gasteiger partial charge is 0.493 e. The highest BCUT2D eigenvalue weighted by atomic mass is 35.5. The lowest BCUT2D eigenvalue weighted by Gasteiger charge is -2.30. The Morgan fingerprint density at radius 2 is 1.77 bits per heavy atom. The number of carbonyl (C=O) groups excluding carboxylic acids is 3. The van der Waals surface area contributed by atoms with E-state index in [-0.39, 0.29) is 28.7 Å². The predicted octanol–water partition coefficient (Wildman–Crippen LogP) is 5.70. The van der Waals surface area contributed by atoms with E-state index in [2.05, 4.69) is 10.3 Å². The van der Waals surface area contributed by atoms with Crippen molar-refractivity contribution in [2.75, 3.05) is 23.9 Å². The molecule has 220 valence electrons. The summed E-state index contributed by atoms with van der Waals surface area (Å²) in [6.07, 6.45) is 0. The van der Waals surface area contributed by atoms with E-state index < -0.39 is 40.6 Å². The third-order valence-electron chi connectivity index (χ3n) is 7.02. The molecule has 43 heavy (non-hydrogen) atoms. The number of aromatic nitrogens is 1. The van der Waals surface area contributed by atoms with Crippen molar-refractivity contribution in [1.82, 2.24) is 4.98 Å². The van der Waals surface area contributed by atoms with Crippen molar-refractivity contribution >= 4 is 75.4 Å². The van der Waals surface area contributed by atoms with E-state index in [0.717, 1.165) is 28.0 Å². The number of aromatic amines is 1. The summed E-state index contributed by atoms with van der Waals surface area (Å²) >= 11 is 14.0. The number of methoxy groups -OCH3 is 1. The zero-order chi connectivity index (χ0) is 30.4. The van der Waals surface area contributed by atoms with Gasteiger partial charge in [-0.3, -0.25) is 19.2 Å². The first-order valence-electron chi connectivity index (χ1n) is 12.7. The maximum absolute atomic E-state index is 13.8. The third kappa shape index (κ3) is 5.51. The topological polar surface area (TPSA) is 118 Å². The number of benzene rings is 3. The fourth-order valence-electron chi connectivity index (χ4n) is 5.13. The second-order valence-electron chi connectivity index (χ2n) is 9.61. The molecule has 2 aliphatic rings. The number of fused-ring (bicyclic) bond motifs is 2. The molecule has 1 fully saturated rings. The quantitative estimate of drug-likeness (QED) is 0.244. The first kappa shape index (κ1) is 29.2. The number of imide groups is 1. The lowest BCUT2D eigenvalue weighted by molar-refractivity contribution is -0.122. The van der Waals surface area contributed by atoms with Gasteiger partial charge in [0.15, 0.2) is 18.1 Å². The van der Waals surface area contributed by atoms with Crippen LogP contribution >= 0.6 is 46.3 Å². The van der Waals surface area contributed by atoms with Crippen LogP contribution in [0.25, 0.3) is 0 Å². The van der Waals surface area contributed by atoms with E-state index >= 15 is 0 Å². The summed E-state index contributed by atoms with van der Waals surface area (Å²) in [5.41, 5.74) is 1.32. The Balaban J connectivity index is 1.28. The lowest BCUT2D eigenvalue weighted by Crippen LogP contribution is -2.32. The van der Waals surface area contributed by atoms with E-state index in [9.17, 15) is 23.6 Å². The van der Waals surface area contributed by atoms with Gasteiger partial charge in [-0.2, -0.15) is 0 Å². The number of hydrogen-bond donors (Lipinski definition) is 2. The number of thiazole rings is 1. The van der Waals surface area contributed by atoms with Gasteiger partial charge in [-0.05, 0) is 60.2 Å². The molecule has 0 aliphatic carbocycles. The van der Waals surface area contributed by atoms with Crippen LogP contribution in [0, 0.1) is 11.7 Å². The van der Waals surface area contributed by atoms with Crippen LogP contribution in [0.5, 0.6) is 11.5 Å². The van der Waals surface area contributed by atoms with Crippen molar-refractivity contribution in [2.45, 2.75) is 16.2 Å². The summed E-state index contributed by atoms with van der Waals surface area (Å²) in [5.74, 6) is -2.79. The molecule has 1 aromatic heterocycles. The first-order chi connectivity index (χ1) is 20.6. The molecule has 2 aliphatic heterocycles. The van der Waals surface area contributed by atoms with Crippen molar-refractivity contribution in [3.8, 4) is 11.5 Å². The van der Waals surface area contributed by atoms with Gasteiger partial charge in [-0.25, -0.2) is 9.29 Å². The number of nitrogens with zero attached hydrogens (tertiary/aromatic N) is 1. The standard InChI is InChI=1S/C29H20Cl2FN3O6S2/c1-40-20-10-13(2-9-19(20)41-12-21(36)33-15-5-8-17(30)18(31)11-15)22-23-25(42-26-24(22)43-29(39)34-26)28(38)35(27(23)37)16-6-3-14(32)4-7-16/h2-11,22-23,25H,12H2,1H3,(H,33,36)(H,34,39). The molecule has 4 aromatic rings. The fraction of sp³-hybridized carbons (Fsp3) is 0.172. The molecule has 2 N–H and O–H groups in total. The maximum Gasteiger partial charge on any atom is 0.305 e. The average molecular weight is 661 g/mol. The minimum absolute atomic E-state index is 0.265. The Hall–Kier alpha value is -3.84. The molecule has 3 aromatic carbocycles. The van der Waals surface area contributed by atoms with E-state index in [1.165, 1.54) is 37.4 Å². The number of ether oxygens (including phenoxy) is 2. The molecule has 0 bridgehead atoms. The summed E-state index contributed by atoms with van der Waals surface area (Å²) in [6, 6.07) is 14.8. The molecule has 6 rings (SSSR count). The second kappa shape index (κ2) is 11.7. The van der Waals surface area contributed by atoms with Crippen LogP contribution in [-0.2, 0) is 14.4 Å². The predicted molar refractivity (Wildman–Crippen MR) is 162 cm³/mol. The molecule has 3 atom stereocenters. The van der Waals surface area contributed by atoms with Gasteiger partial charge in [-0.15, -0.1) is 0 Å². The van der Waals surface area contributed by atoms with Gasteiger partial charge in [0.1, 0.15) is 11.1 Å². The molecule has 9 nitrogen and oxygen atoms in total. The second-order valence-corrected chi connectivity index (χ2v) is 12.6. The van der Waals surface area contributed by atoms with E-state index in [4.69, 9.17) is 32.7 Å². The van der Waals surface area contributed by atoms with Crippen LogP contribution in [0.4, 0.5) is 15.8 Å². The highest BCUT2D eigenvalue weighted by molar-refractivity contribution is 8.00. The highest BCUT2D eigenvalue weighted by Gasteiger charge is 2.56. The highest BCUT2D eigenvalue weighted by Crippen LogP contribution is 2.53. The Morgan fingerprint density at radius 1 is 1.00 bits per heavy atom. The molecular weight excluding hydrogens is 640 g/mol. The number of halogens is 3. The van der Waals surface area contributed by atoms with Crippen molar-refractivity contribution < 1.29 is 28.2 Å². The SMILES string of the molecule is COc1cc(C2c3sc(=O)[nH]c3SC3C(=O)N(c4ccc(F)cc4)C(=O)C32)ccc1OCC(=O)Nc1ccc(Cl)c(Cl)c1. The summed E-state index contributed by atoms with van der Waals surface area (Å²) in [5, 5.41) is 3.02. The molecule has 0 saturated carbocycles.